The topological polar surface area (TPSA) is 186 Å². The number of piperidine rings is 2. The van der Waals surface area contributed by atoms with E-state index in [4.69, 9.17) is 15.2 Å². The first-order valence-electron chi connectivity index (χ1n) is 18.4. The number of hydrogen-bond acceptors (Lipinski definition) is 10. The minimum Gasteiger partial charge on any atom is -0.363 e. The standard InChI is InChI=1S/C41H41N9O4/c1-23-19-28(7-9-31(23)24(2)41-46-39(37(42)52)49-54-41)36-33-20-30(22-44-38(33)48-47-36)29-8-11-34(43-21-29)27-14-17-50(18-15-27)16-13-25-3-5-26(6-4-25)32-10-12-35(51)45-40(32)53/h3-9,11,19-22,24,27,32H,10,12-18H2,1-2H3,(H2,42,52)(H,44,47,48)(H,45,51,53)/t24-,32-/m1/s1. The second kappa shape index (κ2) is 14.7. The Bertz CT molecular complexity index is 2340. The van der Waals surface area contributed by atoms with Crippen LogP contribution in [0.4, 0.5) is 0 Å². The number of nitrogens with two attached hydrogens (primary N) is 1. The molecule has 0 radical (unpaired) electrons. The molecule has 2 aliphatic rings. The maximum absolute atomic E-state index is 12.2. The van der Waals surface area contributed by atoms with Gasteiger partial charge in [0.25, 0.3) is 11.7 Å². The number of aromatic amines is 1. The van der Waals surface area contributed by atoms with Crippen molar-refractivity contribution in [1.29, 1.82) is 0 Å². The zero-order chi connectivity index (χ0) is 37.3. The van der Waals surface area contributed by atoms with Crippen LogP contribution >= 0.6 is 0 Å². The Morgan fingerprint density at radius 2 is 1.74 bits per heavy atom. The molecule has 274 valence electrons. The van der Waals surface area contributed by atoms with Crippen LogP contribution in [0.1, 0.15) is 94.8 Å². The van der Waals surface area contributed by atoms with Gasteiger partial charge in [0.05, 0.1) is 17.5 Å². The highest BCUT2D eigenvalue weighted by Crippen LogP contribution is 2.34. The van der Waals surface area contributed by atoms with Gasteiger partial charge in [-0.3, -0.25) is 29.8 Å². The fraction of sp³-hybridized carbons (Fsp3) is 0.317. The van der Waals surface area contributed by atoms with E-state index < -0.39 is 5.91 Å². The Morgan fingerprint density at radius 3 is 2.44 bits per heavy atom. The summed E-state index contributed by atoms with van der Waals surface area (Å²) >= 11 is 0. The predicted octanol–water partition coefficient (Wildman–Crippen LogP) is 5.57. The first-order chi connectivity index (χ1) is 26.2. The summed E-state index contributed by atoms with van der Waals surface area (Å²) in [7, 11) is 0. The number of carbonyl (C=O) groups excluding carboxylic acids is 3. The number of H-pyrrole nitrogens is 1. The molecule has 2 atom stereocenters. The molecule has 8 rings (SSSR count). The smallest absolute Gasteiger partial charge is 0.290 e. The van der Waals surface area contributed by atoms with Crippen molar-refractivity contribution in [1.82, 2.24) is 40.5 Å². The quantitative estimate of drug-likeness (QED) is 0.151. The predicted molar refractivity (Wildman–Crippen MR) is 201 cm³/mol. The molecule has 4 N–H and O–H groups in total. The third-order valence-electron chi connectivity index (χ3n) is 10.9. The van der Waals surface area contributed by atoms with Crippen molar-refractivity contribution in [3.63, 3.8) is 0 Å². The second-order valence-electron chi connectivity index (χ2n) is 14.4. The van der Waals surface area contributed by atoms with Gasteiger partial charge in [0.1, 0.15) is 0 Å². The number of carbonyl (C=O) groups is 3. The number of hydrogen-bond donors (Lipinski definition) is 3. The lowest BCUT2D eigenvalue weighted by atomic mass is 9.90. The normalized spacial score (nSPS) is 17.5. The van der Waals surface area contributed by atoms with Crippen molar-refractivity contribution in [2.75, 3.05) is 19.6 Å². The molecule has 13 nitrogen and oxygen atoms in total. The summed E-state index contributed by atoms with van der Waals surface area (Å²) in [4.78, 5) is 51.4. The zero-order valence-corrected chi connectivity index (χ0v) is 30.2. The van der Waals surface area contributed by atoms with Crippen LogP contribution in [0.2, 0.25) is 0 Å². The van der Waals surface area contributed by atoms with Crippen LogP contribution in [-0.4, -0.2) is 72.6 Å². The average molecular weight is 724 g/mol. The lowest BCUT2D eigenvalue weighted by Crippen LogP contribution is -2.39. The molecule has 6 heterocycles. The highest BCUT2D eigenvalue weighted by Gasteiger charge is 2.28. The number of likely N-dealkylation sites (tertiary alicyclic amines) is 1. The summed E-state index contributed by atoms with van der Waals surface area (Å²) in [6, 6.07) is 20.8. The van der Waals surface area contributed by atoms with Crippen molar-refractivity contribution < 1.29 is 18.9 Å². The molecule has 3 amide bonds. The molecule has 2 saturated heterocycles. The first-order valence-corrected chi connectivity index (χ1v) is 18.4. The molecule has 2 aromatic carbocycles. The summed E-state index contributed by atoms with van der Waals surface area (Å²) in [6.07, 6.45) is 7.83. The Kier molecular flexibility index (Phi) is 9.55. The minimum atomic E-state index is -0.727. The van der Waals surface area contributed by atoms with Crippen molar-refractivity contribution in [3.05, 3.63) is 113 Å². The van der Waals surface area contributed by atoms with Gasteiger partial charge in [-0.05, 0) is 93.1 Å². The largest absolute Gasteiger partial charge is 0.363 e. The number of aromatic nitrogens is 6. The Hall–Kier alpha value is -6.08. The van der Waals surface area contributed by atoms with E-state index in [1.165, 1.54) is 5.56 Å². The highest BCUT2D eigenvalue weighted by atomic mass is 16.5. The van der Waals surface area contributed by atoms with E-state index in [-0.39, 0.29) is 29.5 Å². The fourth-order valence-electron chi connectivity index (χ4n) is 7.72. The number of aryl methyl sites for hydroxylation is 1. The van der Waals surface area contributed by atoms with Crippen LogP contribution in [0, 0.1) is 6.92 Å². The number of nitrogens with zero attached hydrogens (tertiary/aromatic N) is 6. The summed E-state index contributed by atoms with van der Waals surface area (Å²) in [5.74, 6) is -0.958. The van der Waals surface area contributed by atoms with Crippen LogP contribution in [0.3, 0.4) is 0 Å². The number of benzene rings is 2. The van der Waals surface area contributed by atoms with Crippen molar-refractivity contribution in [3.8, 4) is 22.4 Å². The number of rotatable bonds is 10. The second-order valence-corrected chi connectivity index (χ2v) is 14.4. The molecule has 0 spiro atoms. The number of nitrogens with one attached hydrogen (secondary N) is 2. The number of fused-ring (bicyclic) bond motifs is 1. The number of primary amides is 1. The molecular formula is C41H41N9O4. The molecule has 2 aliphatic heterocycles. The van der Waals surface area contributed by atoms with Gasteiger partial charge >= 0.3 is 0 Å². The molecule has 0 aliphatic carbocycles. The van der Waals surface area contributed by atoms with Gasteiger partial charge in [-0.2, -0.15) is 10.1 Å². The number of imide groups is 1. The van der Waals surface area contributed by atoms with Crippen molar-refractivity contribution in [2.24, 2.45) is 5.73 Å². The maximum atomic E-state index is 12.2. The maximum Gasteiger partial charge on any atom is 0.290 e. The van der Waals surface area contributed by atoms with E-state index in [1.807, 2.05) is 50.5 Å². The van der Waals surface area contributed by atoms with E-state index >= 15 is 0 Å². The molecular weight excluding hydrogens is 683 g/mol. The van der Waals surface area contributed by atoms with E-state index in [2.05, 4.69) is 71.9 Å². The van der Waals surface area contributed by atoms with Gasteiger partial charge in [0.2, 0.25) is 17.7 Å². The van der Waals surface area contributed by atoms with Gasteiger partial charge in [0.15, 0.2) is 5.65 Å². The van der Waals surface area contributed by atoms with Crippen molar-refractivity contribution in [2.45, 2.75) is 63.7 Å². The molecule has 0 saturated carbocycles. The monoisotopic (exact) mass is 723 g/mol. The number of amides is 3. The third-order valence-corrected chi connectivity index (χ3v) is 10.9. The summed E-state index contributed by atoms with van der Waals surface area (Å²) in [6.45, 7) is 7.01. The molecule has 13 heteroatoms. The van der Waals surface area contributed by atoms with E-state index in [9.17, 15) is 14.4 Å². The van der Waals surface area contributed by atoms with E-state index in [0.717, 1.165) is 89.1 Å². The zero-order valence-electron chi connectivity index (χ0n) is 30.2. The van der Waals surface area contributed by atoms with Crippen LogP contribution < -0.4 is 11.1 Å². The van der Waals surface area contributed by atoms with Gasteiger partial charge in [-0.25, -0.2) is 4.98 Å². The Balaban J connectivity index is 0.881. The molecule has 0 bridgehead atoms. The Morgan fingerprint density at radius 1 is 0.963 bits per heavy atom. The molecule has 6 aromatic rings. The van der Waals surface area contributed by atoms with Crippen LogP contribution in [-0.2, 0) is 16.0 Å². The molecule has 0 unspecified atom stereocenters. The van der Waals surface area contributed by atoms with Gasteiger partial charge < -0.3 is 15.2 Å². The minimum absolute atomic E-state index is 0.133. The first kappa shape index (κ1) is 35.0. The van der Waals surface area contributed by atoms with Gasteiger partial charge in [0, 0.05) is 59.0 Å². The third kappa shape index (κ3) is 7.14. The van der Waals surface area contributed by atoms with Gasteiger partial charge in [-0.15, -0.1) is 0 Å². The summed E-state index contributed by atoms with van der Waals surface area (Å²) in [5, 5.41) is 14.7. The highest BCUT2D eigenvalue weighted by molar-refractivity contribution is 6.01. The van der Waals surface area contributed by atoms with Crippen LogP contribution in [0.5, 0.6) is 0 Å². The van der Waals surface area contributed by atoms with Crippen LogP contribution in [0.25, 0.3) is 33.4 Å². The van der Waals surface area contributed by atoms with E-state index in [0.29, 0.717) is 30.3 Å². The van der Waals surface area contributed by atoms with E-state index in [1.54, 1.807) is 0 Å². The molecule has 54 heavy (non-hydrogen) atoms. The molecule has 4 aromatic heterocycles. The fourth-order valence-corrected chi connectivity index (χ4v) is 7.72. The Labute approximate surface area is 311 Å². The lowest BCUT2D eigenvalue weighted by molar-refractivity contribution is -0.134. The average Bonchev–Trinajstić information content (AvgIpc) is 3.86. The van der Waals surface area contributed by atoms with Crippen LogP contribution in [0.15, 0.2) is 77.6 Å². The van der Waals surface area contributed by atoms with Gasteiger partial charge in [-0.1, -0.05) is 47.6 Å². The number of pyridine rings is 2. The molecule has 2 fully saturated rings. The summed E-state index contributed by atoms with van der Waals surface area (Å²) < 4.78 is 5.29. The summed E-state index contributed by atoms with van der Waals surface area (Å²) in [5.41, 5.74) is 15.1. The lowest BCUT2D eigenvalue weighted by Gasteiger charge is -2.31. The van der Waals surface area contributed by atoms with Crippen molar-refractivity contribution >= 4 is 28.8 Å². The SMILES string of the molecule is Cc1cc(-c2[nH]nc3ncc(-c4ccc(C5CCN(CCc6ccc([C@H]7CCC(=O)NC7=O)cc6)CC5)nc4)cc23)ccc1[C@@H](C)c1nc(C(N)=O)no1.